The minimum Gasteiger partial charge on any atom is -0.465 e. The number of pyridine rings is 2. The summed E-state index contributed by atoms with van der Waals surface area (Å²) in [5.41, 5.74) is 1.28. The Kier molecular flexibility index (Phi) is 3.47. The van der Waals surface area contributed by atoms with Crippen LogP contribution in [0.15, 0.2) is 54.9 Å². The molecule has 0 saturated carbocycles. The van der Waals surface area contributed by atoms with Crippen LogP contribution in [0, 0.1) is 0 Å². The van der Waals surface area contributed by atoms with Crippen molar-refractivity contribution in [3.8, 4) is 11.6 Å². The number of methoxy groups -OCH3 is 1. The van der Waals surface area contributed by atoms with E-state index in [2.05, 4.69) is 14.7 Å². The molecule has 0 fully saturated rings. The van der Waals surface area contributed by atoms with Gasteiger partial charge in [0.15, 0.2) is 0 Å². The molecule has 2 heterocycles. The zero-order valence-electron chi connectivity index (χ0n) is 11.3. The monoisotopic (exact) mass is 280 g/mol. The van der Waals surface area contributed by atoms with Crippen molar-refractivity contribution in [1.82, 2.24) is 9.97 Å². The highest BCUT2D eigenvalue weighted by molar-refractivity contribution is 5.89. The van der Waals surface area contributed by atoms with Gasteiger partial charge in [-0.2, -0.15) is 0 Å². The molecule has 0 bridgehead atoms. The van der Waals surface area contributed by atoms with E-state index in [1.54, 1.807) is 12.3 Å². The molecule has 0 radical (unpaired) electrons. The summed E-state index contributed by atoms with van der Waals surface area (Å²) >= 11 is 0. The van der Waals surface area contributed by atoms with E-state index in [1.807, 2.05) is 30.3 Å². The van der Waals surface area contributed by atoms with Crippen LogP contribution < -0.4 is 4.74 Å². The smallest absolute Gasteiger partial charge is 0.338 e. The van der Waals surface area contributed by atoms with Gasteiger partial charge in [-0.05, 0) is 18.2 Å². The van der Waals surface area contributed by atoms with Gasteiger partial charge in [0, 0.05) is 17.6 Å². The van der Waals surface area contributed by atoms with Crippen LogP contribution in [0.25, 0.3) is 10.9 Å². The molecular formula is C16H12N2O3. The molecule has 0 aliphatic rings. The van der Waals surface area contributed by atoms with E-state index in [1.165, 1.54) is 19.4 Å². The lowest BCUT2D eigenvalue weighted by Gasteiger charge is -2.06. The van der Waals surface area contributed by atoms with E-state index in [0.29, 0.717) is 17.2 Å². The van der Waals surface area contributed by atoms with Gasteiger partial charge in [-0.25, -0.2) is 9.78 Å². The topological polar surface area (TPSA) is 61.3 Å². The lowest BCUT2D eigenvalue weighted by molar-refractivity contribution is 0.0600. The van der Waals surface area contributed by atoms with Crippen LogP contribution in [-0.4, -0.2) is 23.0 Å². The molecule has 0 saturated heterocycles. The van der Waals surface area contributed by atoms with E-state index in [4.69, 9.17) is 4.74 Å². The summed E-state index contributed by atoms with van der Waals surface area (Å²) in [5.74, 6) is 0.442. The Morgan fingerprint density at radius 1 is 1.10 bits per heavy atom. The Bertz CT molecular complexity index is 802. The average Bonchev–Trinajstić information content (AvgIpc) is 2.54. The summed E-state index contributed by atoms with van der Waals surface area (Å²) in [5, 5.41) is 0.971. The Morgan fingerprint density at radius 2 is 1.95 bits per heavy atom. The van der Waals surface area contributed by atoms with Gasteiger partial charge in [-0.15, -0.1) is 0 Å². The van der Waals surface area contributed by atoms with E-state index < -0.39 is 5.97 Å². The first-order chi connectivity index (χ1) is 10.3. The van der Waals surface area contributed by atoms with Crippen molar-refractivity contribution in [2.45, 2.75) is 0 Å². The van der Waals surface area contributed by atoms with E-state index >= 15 is 0 Å². The SMILES string of the molecule is COC(=O)c1ccnc(Oc2cnc3ccccc3c2)c1. The molecular weight excluding hydrogens is 268 g/mol. The van der Waals surface area contributed by atoms with Crippen LogP contribution in [0.5, 0.6) is 11.6 Å². The quantitative estimate of drug-likeness (QED) is 0.689. The largest absolute Gasteiger partial charge is 0.465 e. The fraction of sp³-hybridized carbons (Fsp3) is 0.0625. The van der Waals surface area contributed by atoms with Gasteiger partial charge in [-0.1, -0.05) is 18.2 Å². The van der Waals surface area contributed by atoms with E-state index in [9.17, 15) is 4.79 Å². The predicted molar refractivity (Wildman–Crippen MR) is 77.4 cm³/mol. The second-order valence-electron chi connectivity index (χ2n) is 4.34. The van der Waals surface area contributed by atoms with Crippen LogP contribution in [0.4, 0.5) is 0 Å². The highest BCUT2D eigenvalue weighted by atomic mass is 16.5. The third kappa shape index (κ3) is 2.81. The van der Waals surface area contributed by atoms with Crippen molar-refractivity contribution >= 4 is 16.9 Å². The number of aromatic nitrogens is 2. The lowest BCUT2D eigenvalue weighted by Crippen LogP contribution is -2.01. The Labute approximate surface area is 121 Å². The average molecular weight is 280 g/mol. The molecule has 104 valence electrons. The van der Waals surface area contributed by atoms with Crippen LogP contribution in [0.2, 0.25) is 0 Å². The number of hydrogen-bond donors (Lipinski definition) is 0. The molecule has 1 aromatic carbocycles. The van der Waals surface area contributed by atoms with Gasteiger partial charge in [0.05, 0.1) is 24.4 Å². The Balaban J connectivity index is 1.89. The van der Waals surface area contributed by atoms with Crippen molar-refractivity contribution in [2.75, 3.05) is 7.11 Å². The summed E-state index contributed by atoms with van der Waals surface area (Å²) in [6.07, 6.45) is 3.12. The minimum absolute atomic E-state index is 0.315. The number of hydrogen-bond acceptors (Lipinski definition) is 5. The van der Waals surface area contributed by atoms with Gasteiger partial charge < -0.3 is 9.47 Å². The molecule has 21 heavy (non-hydrogen) atoms. The molecule has 0 aliphatic carbocycles. The maximum Gasteiger partial charge on any atom is 0.338 e. The molecule has 0 spiro atoms. The summed E-state index contributed by atoms with van der Waals surface area (Å²) < 4.78 is 10.3. The zero-order chi connectivity index (χ0) is 14.7. The molecule has 5 nitrogen and oxygen atoms in total. The zero-order valence-corrected chi connectivity index (χ0v) is 11.3. The molecule has 0 amide bonds. The molecule has 2 aromatic heterocycles. The predicted octanol–water partition coefficient (Wildman–Crippen LogP) is 3.21. The van der Waals surface area contributed by atoms with Crippen LogP contribution in [0.3, 0.4) is 0 Å². The maximum absolute atomic E-state index is 11.5. The molecule has 0 unspecified atom stereocenters. The number of nitrogens with zero attached hydrogens (tertiary/aromatic N) is 2. The van der Waals surface area contributed by atoms with E-state index in [-0.39, 0.29) is 0 Å². The normalized spacial score (nSPS) is 10.3. The molecule has 3 rings (SSSR count). The minimum atomic E-state index is -0.432. The number of ether oxygens (including phenoxy) is 2. The first-order valence-electron chi connectivity index (χ1n) is 6.33. The molecule has 0 aliphatic heterocycles. The number of para-hydroxylation sites is 1. The van der Waals surface area contributed by atoms with Gasteiger partial charge in [0.2, 0.25) is 5.88 Å². The highest BCUT2D eigenvalue weighted by Gasteiger charge is 2.08. The van der Waals surface area contributed by atoms with Gasteiger partial charge >= 0.3 is 5.97 Å². The number of benzene rings is 1. The van der Waals surface area contributed by atoms with Gasteiger partial charge in [-0.3, -0.25) is 4.98 Å². The third-order valence-corrected chi connectivity index (χ3v) is 2.94. The fourth-order valence-electron chi connectivity index (χ4n) is 1.94. The highest BCUT2D eigenvalue weighted by Crippen LogP contribution is 2.23. The number of carbonyl (C=O) groups excluding carboxylic acids is 1. The standard InChI is InChI=1S/C16H12N2O3/c1-20-16(19)12-6-7-17-15(9-12)21-13-8-11-4-2-3-5-14(11)18-10-13/h2-10H,1H3. The van der Waals surface area contributed by atoms with Crippen molar-refractivity contribution in [3.63, 3.8) is 0 Å². The van der Waals surface area contributed by atoms with Gasteiger partial charge in [0.1, 0.15) is 5.75 Å². The third-order valence-electron chi connectivity index (χ3n) is 2.94. The van der Waals surface area contributed by atoms with Crippen molar-refractivity contribution in [1.29, 1.82) is 0 Å². The van der Waals surface area contributed by atoms with Crippen molar-refractivity contribution < 1.29 is 14.3 Å². The number of carbonyl (C=O) groups is 1. The Morgan fingerprint density at radius 3 is 2.81 bits per heavy atom. The number of esters is 1. The number of rotatable bonds is 3. The Hall–Kier alpha value is -2.95. The first kappa shape index (κ1) is 13.1. The van der Waals surface area contributed by atoms with Crippen molar-refractivity contribution in [2.24, 2.45) is 0 Å². The molecule has 5 heteroatoms. The summed E-state index contributed by atoms with van der Waals surface area (Å²) in [6, 6.07) is 12.7. The first-order valence-corrected chi connectivity index (χ1v) is 6.33. The summed E-state index contributed by atoms with van der Waals surface area (Å²) in [7, 11) is 1.33. The molecule has 0 N–H and O–H groups in total. The summed E-state index contributed by atoms with van der Waals surface area (Å²) in [4.78, 5) is 19.9. The second kappa shape index (κ2) is 5.58. The number of fused-ring (bicyclic) bond motifs is 1. The van der Waals surface area contributed by atoms with Crippen molar-refractivity contribution in [3.05, 3.63) is 60.4 Å². The van der Waals surface area contributed by atoms with Crippen LogP contribution >= 0.6 is 0 Å². The summed E-state index contributed by atoms with van der Waals surface area (Å²) in [6.45, 7) is 0. The fourth-order valence-corrected chi connectivity index (χ4v) is 1.94. The van der Waals surface area contributed by atoms with Crippen LogP contribution in [-0.2, 0) is 4.74 Å². The second-order valence-corrected chi connectivity index (χ2v) is 4.34. The maximum atomic E-state index is 11.5. The lowest BCUT2D eigenvalue weighted by atomic mass is 10.2. The molecule has 0 atom stereocenters. The van der Waals surface area contributed by atoms with Gasteiger partial charge in [0.25, 0.3) is 0 Å². The van der Waals surface area contributed by atoms with Crippen LogP contribution in [0.1, 0.15) is 10.4 Å². The molecule has 3 aromatic rings. The van der Waals surface area contributed by atoms with E-state index in [0.717, 1.165) is 10.9 Å².